The Bertz CT molecular complexity index is 305. The van der Waals surface area contributed by atoms with Gasteiger partial charge in [-0.25, -0.2) is 0 Å². The van der Waals surface area contributed by atoms with Gasteiger partial charge in [-0.1, -0.05) is 6.92 Å². The van der Waals surface area contributed by atoms with E-state index in [1.165, 1.54) is 19.4 Å². The Morgan fingerprint density at radius 3 is 2.70 bits per heavy atom. The van der Waals surface area contributed by atoms with E-state index in [0.717, 1.165) is 19.5 Å². The van der Waals surface area contributed by atoms with Gasteiger partial charge in [-0.05, 0) is 66.3 Å². The molecule has 0 aromatic heterocycles. The van der Waals surface area contributed by atoms with E-state index in [-0.39, 0.29) is 0 Å². The molecule has 0 radical (unpaired) electrons. The summed E-state index contributed by atoms with van der Waals surface area (Å²) < 4.78 is 0. The highest BCUT2D eigenvalue weighted by Gasteiger charge is 2.34. The molecule has 20 heavy (non-hydrogen) atoms. The number of carboxylic acids is 1. The molecule has 5 nitrogen and oxygen atoms in total. The minimum atomic E-state index is -0.759. The molecule has 1 aliphatic rings. The van der Waals surface area contributed by atoms with Crippen molar-refractivity contribution in [2.24, 2.45) is 0 Å². The number of nitrogens with zero attached hydrogens (tertiary/aromatic N) is 2. The first-order valence-electron chi connectivity index (χ1n) is 7.76. The Labute approximate surface area is 123 Å². The molecule has 1 aliphatic heterocycles. The summed E-state index contributed by atoms with van der Waals surface area (Å²) in [7, 11) is 6.08. The average Bonchev–Trinajstić information content (AvgIpc) is 2.80. The highest BCUT2D eigenvalue weighted by molar-refractivity contribution is 5.78. The molecule has 0 spiro atoms. The molecular weight excluding hydrogens is 254 g/mol. The third-order valence-corrected chi connectivity index (χ3v) is 4.83. The molecule has 1 rings (SSSR count). The van der Waals surface area contributed by atoms with Crippen molar-refractivity contribution < 1.29 is 9.90 Å². The molecule has 2 atom stereocenters. The normalized spacial score (nSPS) is 23.1. The van der Waals surface area contributed by atoms with Gasteiger partial charge < -0.3 is 20.2 Å². The number of likely N-dealkylation sites (tertiary alicyclic amines) is 1. The van der Waals surface area contributed by atoms with Gasteiger partial charge in [-0.2, -0.15) is 0 Å². The van der Waals surface area contributed by atoms with Crippen LogP contribution < -0.4 is 5.32 Å². The lowest BCUT2D eigenvalue weighted by molar-refractivity contribution is -0.145. The second-order valence-electron chi connectivity index (χ2n) is 6.13. The lowest BCUT2D eigenvalue weighted by Gasteiger charge is -2.30. The monoisotopic (exact) mass is 285 g/mol. The van der Waals surface area contributed by atoms with Crippen molar-refractivity contribution in [2.45, 2.75) is 50.6 Å². The highest BCUT2D eigenvalue weighted by atomic mass is 16.4. The Kier molecular flexibility index (Phi) is 6.92. The van der Waals surface area contributed by atoms with Crippen LogP contribution in [0.1, 0.15) is 39.0 Å². The Morgan fingerprint density at radius 2 is 2.25 bits per heavy atom. The first-order valence-corrected chi connectivity index (χ1v) is 7.76. The largest absolute Gasteiger partial charge is 0.480 e. The van der Waals surface area contributed by atoms with E-state index in [0.29, 0.717) is 18.9 Å². The quantitative estimate of drug-likeness (QED) is 0.668. The Morgan fingerprint density at radius 1 is 1.55 bits per heavy atom. The number of hydrogen-bond acceptors (Lipinski definition) is 4. The van der Waals surface area contributed by atoms with E-state index in [4.69, 9.17) is 0 Å². The molecular formula is C15H31N3O2. The molecule has 2 N–H and O–H groups in total. The van der Waals surface area contributed by atoms with Crippen LogP contribution in [-0.2, 0) is 4.79 Å². The summed E-state index contributed by atoms with van der Waals surface area (Å²) in [6.07, 6.45) is 4.79. The van der Waals surface area contributed by atoms with E-state index in [1.807, 2.05) is 6.92 Å². The molecule has 1 saturated heterocycles. The van der Waals surface area contributed by atoms with E-state index < -0.39 is 11.5 Å². The number of nitrogens with one attached hydrogen (secondary N) is 1. The lowest BCUT2D eigenvalue weighted by Crippen LogP contribution is -2.50. The van der Waals surface area contributed by atoms with Gasteiger partial charge in [0.1, 0.15) is 5.54 Å². The summed E-state index contributed by atoms with van der Waals surface area (Å²) in [5.74, 6) is -0.735. The predicted molar refractivity (Wildman–Crippen MR) is 82.1 cm³/mol. The molecule has 5 heteroatoms. The molecule has 118 valence electrons. The SMILES string of the molecule is CCC(CCCN(C)CC1CCCN1C)(NC)C(=O)O. The Balaban J connectivity index is 2.33. The number of rotatable bonds is 9. The van der Waals surface area contributed by atoms with Crippen LogP contribution in [0.2, 0.25) is 0 Å². The van der Waals surface area contributed by atoms with Gasteiger partial charge in [-0.3, -0.25) is 4.79 Å². The lowest BCUT2D eigenvalue weighted by atomic mass is 9.90. The van der Waals surface area contributed by atoms with Gasteiger partial charge in [0.2, 0.25) is 0 Å². The van der Waals surface area contributed by atoms with Gasteiger partial charge in [0, 0.05) is 12.6 Å². The zero-order chi connectivity index (χ0) is 15.2. The van der Waals surface area contributed by atoms with Crippen molar-refractivity contribution in [1.82, 2.24) is 15.1 Å². The fourth-order valence-electron chi connectivity index (χ4n) is 3.16. The number of carbonyl (C=O) groups is 1. The predicted octanol–water partition coefficient (Wildman–Crippen LogP) is 1.25. The summed E-state index contributed by atoms with van der Waals surface area (Å²) in [5.41, 5.74) is -0.759. The third-order valence-electron chi connectivity index (χ3n) is 4.83. The molecule has 1 heterocycles. The maximum Gasteiger partial charge on any atom is 0.323 e. The van der Waals surface area contributed by atoms with Gasteiger partial charge in [0.25, 0.3) is 0 Å². The van der Waals surface area contributed by atoms with Crippen LogP contribution in [0.4, 0.5) is 0 Å². The third kappa shape index (κ3) is 4.43. The number of aliphatic carboxylic acids is 1. The van der Waals surface area contributed by atoms with Crippen molar-refractivity contribution in [3.8, 4) is 0 Å². The molecule has 0 saturated carbocycles. The average molecular weight is 285 g/mol. The molecule has 1 fully saturated rings. The summed E-state index contributed by atoms with van der Waals surface area (Å²) in [4.78, 5) is 16.2. The summed E-state index contributed by atoms with van der Waals surface area (Å²) >= 11 is 0. The fraction of sp³-hybridized carbons (Fsp3) is 0.933. The van der Waals surface area contributed by atoms with Gasteiger partial charge >= 0.3 is 5.97 Å². The fourth-order valence-corrected chi connectivity index (χ4v) is 3.16. The van der Waals surface area contributed by atoms with Crippen molar-refractivity contribution >= 4 is 5.97 Å². The van der Waals surface area contributed by atoms with Gasteiger partial charge in [0.15, 0.2) is 0 Å². The first kappa shape index (κ1) is 17.4. The van der Waals surface area contributed by atoms with Crippen LogP contribution >= 0.6 is 0 Å². The van der Waals surface area contributed by atoms with E-state index in [2.05, 4.69) is 29.2 Å². The van der Waals surface area contributed by atoms with E-state index in [9.17, 15) is 9.90 Å². The molecule has 0 aromatic rings. The van der Waals surface area contributed by atoms with Crippen LogP contribution in [0.15, 0.2) is 0 Å². The second-order valence-corrected chi connectivity index (χ2v) is 6.13. The first-order chi connectivity index (χ1) is 9.45. The molecule has 0 aromatic carbocycles. The van der Waals surface area contributed by atoms with Crippen molar-refractivity contribution in [2.75, 3.05) is 40.8 Å². The number of carboxylic acid groups (broad SMARTS) is 1. The van der Waals surface area contributed by atoms with Gasteiger partial charge in [0.05, 0.1) is 0 Å². The zero-order valence-corrected chi connectivity index (χ0v) is 13.5. The van der Waals surface area contributed by atoms with Crippen molar-refractivity contribution in [3.63, 3.8) is 0 Å². The highest BCUT2D eigenvalue weighted by Crippen LogP contribution is 2.19. The maximum atomic E-state index is 11.4. The zero-order valence-electron chi connectivity index (χ0n) is 13.5. The smallest absolute Gasteiger partial charge is 0.323 e. The topological polar surface area (TPSA) is 55.8 Å². The summed E-state index contributed by atoms with van der Waals surface area (Å²) in [6.45, 7) is 5.18. The van der Waals surface area contributed by atoms with Crippen LogP contribution in [-0.4, -0.2) is 73.2 Å². The number of hydrogen-bond donors (Lipinski definition) is 2. The molecule has 0 aliphatic carbocycles. The van der Waals surface area contributed by atoms with Crippen LogP contribution in [0, 0.1) is 0 Å². The molecule has 2 unspecified atom stereocenters. The summed E-state index contributed by atoms with van der Waals surface area (Å²) in [5, 5.41) is 12.4. The number of likely N-dealkylation sites (N-methyl/N-ethyl adjacent to an activating group) is 3. The molecule has 0 amide bonds. The maximum absolute atomic E-state index is 11.4. The van der Waals surface area contributed by atoms with E-state index in [1.54, 1.807) is 7.05 Å². The molecule has 0 bridgehead atoms. The van der Waals surface area contributed by atoms with Gasteiger partial charge in [-0.15, -0.1) is 0 Å². The minimum Gasteiger partial charge on any atom is -0.480 e. The van der Waals surface area contributed by atoms with Crippen molar-refractivity contribution in [1.29, 1.82) is 0 Å². The van der Waals surface area contributed by atoms with Crippen molar-refractivity contribution in [3.05, 3.63) is 0 Å². The second kappa shape index (κ2) is 7.96. The Hall–Kier alpha value is -0.650. The van der Waals surface area contributed by atoms with Crippen LogP contribution in [0.3, 0.4) is 0 Å². The van der Waals surface area contributed by atoms with Crippen LogP contribution in [0.25, 0.3) is 0 Å². The summed E-state index contributed by atoms with van der Waals surface area (Å²) in [6, 6.07) is 0.666. The minimum absolute atomic E-state index is 0.619. The van der Waals surface area contributed by atoms with Crippen LogP contribution in [0.5, 0.6) is 0 Å². The standard InChI is InChI=1S/C15H31N3O2/c1-5-15(16-2,14(19)20)9-7-10-17(3)12-13-8-6-11-18(13)4/h13,16H,5-12H2,1-4H3,(H,19,20). The van der Waals surface area contributed by atoms with E-state index >= 15 is 0 Å².